The highest BCUT2D eigenvalue weighted by atomic mass is 16.5. The first-order chi connectivity index (χ1) is 10.1. The van der Waals surface area contributed by atoms with Crippen molar-refractivity contribution in [2.75, 3.05) is 32.8 Å². The Morgan fingerprint density at radius 1 is 1.24 bits per heavy atom. The number of nitrogens with one attached hydrogen (secondary N) is 1. The minimum atomic E-state index is 0.459. The van der Waals surface area contributed by atoms with Gasteiger partial charge in [0.15, 0.2) is 0 Å². The Morgan fingerprint density at radius 3 is 2.71 bits per heavy atom. The van der Waals surface area contributed by atoms with E-state index in [0.717, 1.165) is 56.5 Å². The largest absolute Gasteiger partial charge is 0.376 e. The molecule has 2 aliphatic rings. The van der Waals surface area contributed by atoms with Gasteiger partial charge in [0.25, 0.3) is 0 Å². The molecule has 3 nitrogen and oxygen atoms in total. The molecule has 0 aromatic rings. The third-order valence-electron chi connectivity index (χ3n) is 5.60. The second kappa shape index (κ2) is 8.50. The van der Waals surface area contributed by atoms with E-state index < -0.39 is 0 Å². The SMILES string of the molecule is CCNC1CCC(C(C)C)CC1CN1CCOC(CC)C1. The van der Waals surface area contributed by atoms with Gasteiger partial charge in [-0.15, -0.1) is 0 Å². The molecule has 4 atom stereocenters. The predicted octanol–water partition coefficient (Wildman–Crippen LogP) is 3.15. The molecule has 1 saturated heterocycles. The van der Waals surface area contributed by atoms with Crippen molar-refractivity contribution < 1.29 is 4.74 Å². The van der Waals surface area contributed by atoms with E-state index >= 15 is 0 Å². The van der Waals surface area contributed by atoms with Gasteiger partial charge in [-0.05, 0) is 50.0 Å². The van der Waals surface area contributed by atoms with Crippen LogP contribution in [-0.2, 0) is 4.74 Å². The van der Waals surface area contributed by atoms with Crippen molar-refractivity contribution in [3.8, 4) is 0 Å². The van der Waals surface area contributed by atoms with E-state index in [-0.39, 0.29) is 0 Å². The summed E-state index contributed by atoms with van der Waals surface area (Å²) in [5, 5.41) is 3.75. The van der Waals surface area contributed by atoms with Gasteiger partial charge in [-0.3, -0.25) is 4.90 Å². The van der Waals surface area contributed by atoms with Gasteiger partial charge < -0.3 is 10.1 Å². The fourth-order valence-electron chi connectivity index (χ4n) is 4.16. The zero-order valence-corrected chi connectivity index (χ0v) is 14.6. The summed E-state index contributed by atoms with van der Waals surface area (Å²) in [6.07, 6.45) is 5.78. The Labute approximate surface area is 131 Å². The fourth-order valence-corrected chi connectivity index (χ4v) is 4.16. The van der Waals surface area contributed by atoms with Crippen molar-refractivity contribution in [2.24, 2.45) is 17.8 Å². The maximum Gasteiger partial charge on any atom is 0.0700 e. The van der Waals surface area contributed by atoms with Crippen LogP contribution in [0, 0.1) is 17.8 Å². The van der Waals surface area contributed by atoms with Gasteiger partial charge in [0.2, 0.25) is 0 Å². The molecule has 2 rings (SSSR count). The van der Waals surface area contributed by atoms with Crippen molar-refractivity contribution in [3.05, 3.63) is 0 Å². The second-order valence-electron chi connectivity index (χ2n) is 7.40. The van der Waals surface area contributed by atoms with E-state index in [4.69, 9.17) is 4.74 Å². The lowest BCUT2D eigenvalue weighted by Gasteiger charge is -2.42. The van der Waals surface area contributed by atoms with Crippen LogP contribution < -0.4 is 5.32 Å². The zero-order chi connectivity index (χ0) is 15.2. The van der Waals surface area contributed by atoms with Crippen molar-refractivity contribution in [1.29, 1.82) is 0 Å². The smallest absolute Gasteiger partial charge is 0.0700 e. The van der Waals surface area contributed by atoms with E-state index in [1.165, 1.54) is 25.8 Å². The van der Waals surface area contributed by atoms with E-state index in [0.29, 0.717) is 6.10 Å². The van der Waals surface area contributed by atoms with Gasteiger partial charge in [-0.2, -0.15) is 0 Å². The summed E-state index contributed by atoms with van der Waals surface area (Å²) in [5.74, 6) is 2.58. The van der Waals surface area contributed by atoms with Crippen LogP contribution in [0.5, 0.6) is 0 Å². The van der Waals surface area contributed by atoms with Gasteiger partial charge in [-0.1, -0.05) is 27.7 Å². The number of rotatable bonds is 6. The summed E-state index contributed by atoms with van der Waals surface area (Å²) in [4.78, 5) is 2.66. The number of morpholine rings is 1. The molecule has 4 unspecified atom stereocenters. The summed E-state index contributed by atoms with van der Waals surface area (Å²) >= 11 is 0. The van der Waals surface area contributed by atoms with Crippen LogP contribution in [0.2, 0.25) is 0 Å². The number of ether oxygens (including phenoxy) is 1. The van der Waals surface area contributed by atoms with Crippen molar-refractivity contribution in [3.63, 3.8) is 0 Å². The molecule has 21 heavy (non-hydrogen) atoms. The van der Waals surface area contributed by atoms with Crippen molar-refractivity contribution in [1.82, 2.24) is 10.2 Å². The van der Waals surface area contributed by atoms with E-state index in [2.05, 4.69) is 37.9 Å². The minimum absolute atomic E-state index is 0.459. The van der Waals surface area contributed by atoms with E-state index in [1.807, 2.05) is 0 Å². The lowest BCUT2D eigenvalue weighted by Crippen LogP contribution is -2.50. The zero-order valence-electron chi connectivity index (χ0n) is 14.6. The average molecular weight is 296 g/mol. The average Bonchev–Trinajstić information content (AvgIpc) is 2.49. The first kappa shape index (κ1) is 17.2. The van der Waals surface area contributed by atoms with E-state index in [1.54, 1.807) is 0 Å². The molecule has 1 aliphatic heterocycles. The first-order valence-electron chi connectivity index (χ1n) is 9.21. The van der Waals surface area contributed by atoms with Crippen LogP contribution in [0.15, 0.2) is 0 Å². The molecule has 3 heteroatoms. The Hall–Kier alpha value is -0.120. The van der Waals surface area contributed by atoms with Crippen molar-refractivity contribution in [2.45, 2.75) is 65.5 Å². The van der Waals surface area contributed by atoms with Crippen LogP contribution in [0.4, 0.5) is 0 Å². The molecule has 0 amide bonds. The minimum Gasteiger partial charge on any atom is -0.376 e. The molecule has 0 spiro atoms. The molecule has 0 bridgehead atoms. The first-order valence-corrected chi connectivity index (χ1v) is 9.21. The molecule has 0 aromatic heterocycles. The molecule has 0 radical (unpaired) electrons. The predicted molar refractivity (Wildman–Crippen MR) is 89.6 cm³/mol. The number of hydrogen-bond acceptors (Lipinski definition) is 3. The fraction of sp³-hybridized carbons (Fsp3) is 1.00. The van der Waals surface area contributed by atoms with Crippen LogP contribution in [0.3, 0.4) is 0 Å². The Bertz CT molecular complexity index is 295. The summed E-state index contributed by atoms with van der Waals surface area (Å²) < 4.78 is 5.82. The Balaban J connectivity index is 1.92. The second-order valence-corrected chi connectivity index (χ2v) is 7.40. The molecule has 2 fully saturated rings. The third-order valence-corrected chi connectivity index (χ3v) is 5.60. The van der Waals surface area contributed by atoms with Crippen LogP contribution in [0.1, 0.15) is 53.4 Å². The maximum atomic E-state index is 5.82. The van der Waals surface area contributed by atoms with E-state index in [9.17, 15) is 0 Å². The van der Waals surface area contributed by atoms with Gasteiger partial charge in [-0.25, -0.2) is 0 Å². The molecular formula is C18H36N2O. The summed E-state index contributed by atoms with van der Waals surface area (Å²) in [7, 11) is 0. The van der Waals surface area contributed by atoms with Crippen LogP contribution in [0.25, 0.3) is 0 Å². The third kappa shape index (κ3) is 4.94. The summed E-state index contributed by atoms with van der Waals surface area (Å²) in [6.45, 7) is 14.8. The molecule has 124 valence electrons. The lowest BCUT2D eigenvalue weighted by atomic mass is 9.73. The molecule has 1 heterocycles. The lowest BCUT2D eigenvalue weighted by molar-refractivity contribution is -0.0390. The molecule has 1 aliphatic carbocycles. The molecule has 0 aromatic carbocycles. The summed E-state index contributed by atoms with van der Waals surface area (Å²) in [5.41, 5.74) is 0. The summed E-state index contributed by atoms with van der Waals surface area (Å²) in [6, 6.07) is 0.730. The highest BCUT2D eigenvalue weighted by Gasteiger charge is 2.33. The number of hydrogen-bond donors (Lipinski definition) is 1. The molecular weight excluding hydrogens is 260 g/mol. The Kier molecular flexibility index (Phi) is 6.97. The number of nitrogens with zero attached hydrogens (tertiary/aromatic N) is 1. The van der Waals surface area contributed by atoms with Gasteiger partial charge in [0, 0.05) is 25.7 Å². The highest BCUT2D eigenvalue weighted by Crippen LogP contribution is 2.34. The van der Waals surface area contributed by atoms with Gasteiger partial charge >= 0.3 is 0 Å². The Morgan fingerprint density at radius 2 is 2.05 bits per heavy atom. The normalized spacial score (nSPS) is 35.3. The van der Waals surface area contributed by atoms with Gasteiger partial charge in [0.05, 0.1) is 12.7 Å². The topological polar surface area (TPSA) is 24.5 Å². The van der Waals surface area contributed by atoms with Crippen LogP contribution in [-0.4, -0.2) is 49.8 Å². The van der Waals surface area contributed by atoms with Crippen molar-refractivity contribution >= 4 is 0 Å². The maximum absolute atomic E-state index is 5.82. The standard InChI is InChI=1S/C18H36N2O/c1-5-17-13-20(9-10-21-17)12-16-11-15(14(3)4)7-8-18(16)19-6-2/h14-19H,5-13H2,1-4H3. The van der Waals surface area contributed by atoms with Gasteiger partial charge in [0.1, 0.15) is 0 Å². The molecule has 1 saturated carbocycles. The monoisotopic (exact) mass is 296 g/mol. The van der Waals surface area contributed by atoms with Crippen LogP contribution >= 0.6 is 0 Å². The molecule has 1 N–H and O–H groups in total. The highest BCUT2D eigenvalue weighted by molar-refractivity contribution is 4.88. The quantitative estimate of drug-likeness (QED) is 0.815.